The Morgan fingerprint density at radius 1 is 1.33 bits per heavy atom. The molecule has 0 aliphatic carbocycles. The lowest BCUT2D eigenvalue weighted by Gasteiger charge is -1.86. The normalized spacial score (nSPS) is 11.3. The summed E-state index contributed by atoms with van der Waals surface area (Å²) in [5.41, 5.74) is 1.04. The van der Waals surface area contributed by atoms with Gasteiger partial charge in [-0.15, -0.1) is 11.6 Å². The van der Waals surface area contributed by atoms with Gasteiger partial charge in [0.25, 0.3) is 0 Å². The van der Waals surface area contributed by atoms with E-state index in [9.17, 15) is 0 Å². The fraction of sp³-hybridized carbons (Fsp3) is 0.333. The first-order valence-corrected chi connectivity index (χ1v) is 3.70. The van der Waals surface area contributed by atoms with Crippen LogP contribution in [0.25, 0.3) is 0 Å². The molecule has 52 valence electrons. The molecule has 0 aromatic rings. The van der Waals surface area contributed by atoms with E-state index in [0.29, 0.717) is 5.88 Å². The third kappa shape index (κ3) is 6.23. The van der Waals surface area contributed by atoms with Gasteiger partial charge >= 0.3 is 0 Å². The minimum atomic E-state index is 0.250. The predicted octanol–water partition coefficient (Wildman–Crippen LogP) is 3.49. The molecule has 0 N–H and O–H groups in total. The van der Waals surface area contributed by atoms with Crippen molar-refractivity contribution in [2.24, 2.45) is 0 Å². The Morgan fingerprint density at radius 2 is 1.89 bits per heavy atom. The Balaban J connectivity index is 3.83. The highest BCUT2D eigenvalue weighted by molar-refractivity contribution is 6.55. The minimum Gasteiger partial charge on any atom is -0.122 e. The van der Waals surface area contributed by atoms with E-state index in [1.54, 1.807) is 12.2 Å². The number of hydrogen-bond donors (Lipinski definition) is 0. The van der Waals surface area contributed by atoms with Crippen LogP contribution in [-0.2, 0) is 0 Å². The summed E-state index contributed by atoms with van der Waals surface area (Å²) in [7, 11) is 0. The van der Waals surface area contributed by atoms with Crippen molar-refractivity contribution in [3.05, 3.63) is 22.2 Å². The van der Waals surface area contributed by atoms with Gasteiger partial charge in [-0.3, -0.25) is 0 Å². The van der Waals surface area contributed by atoms with Crippen LogP contribution in [0.1, 0.15) is 6.92 Å². The molecule has 0 fully saturated rings. The first kappa shape index (κ1) is 9.35. The number of alkyl halides is 1. The van der Waals surface area contributed by atoms with Crippen molar-refractivity contribution in [1.82, 2.24) is 0 Å². The fourth-order valence-corrected chi connectivity index (χ4v) is 0.465. The molecule has 9 heavy (non-hydrogen) atoms. The van der Waals surface area contributed by atoms with Crippen LogP contribution in [0.15, 0.2) is 22.2 Å². The lowest BCUT2D eigenvalue weighted by molar-refractivity contribution is 1.40. The zero-order valence-corrected chi connectivity index (χ0v) is 7.26. The van der Waals surface area contributed by atoms with Crippen LogP contribution in [0.5, 0.6) is 0 Å². The summed E-state index contributed by atoms with van der Waals surface area (Å²) in [5.74, 6) is 0.511. The van der Waals surface area contributed by atoms with E-state index >= 15 is 0 Å². The van der Waals surface area contributed by atoms with E-state index < -0.39 is 0 Å². The largest absolute Gasteiger partial charge is 0.122 e. The van der Waals surface area contributed by atoms with Gasteiger partial charge in [0.2, 0.25) is 0 Å². The molecule has 0 aliphatic rings. The molecule has 0 rings (SSSR count). The van der Waals surface area contributed by atoms with E-state index in [0.717, 1.165) is 5.57 Å². The van der Waals surface area contributed by atoms with Crippen molar-refractivity contribution in [3.63, 3.8) is 0 Å². The summed E-state index contributed by atoms with van der Waals surface area (Å²) >= 11 is 16.1. The van der Waals surface area contributed by atoms with Gasteiger partial charge in [0.15, 0.2) is 0 Å². The molecule has 0 amide bonds. The maximum absolute atomic E-state index is 5.45. The van der Waals surface area contributed by atoms with Gasteiger partial charge in [-0.1, -0.05) is 34.9 Å². The summed E-state index contributed by atoms with van der Waals surface area (Å²) in [6.45, 7) is 1.90. The van der Waals surface area contributed by atoms with Crippen LogP contribution in [0.3, 0.4) is 0 Å². The van der Waals surface area contributed by atoms with Crippen molar-refractivity contribution in [1.29, 1.82) is 0 Å². The second-order valence-electron chi connectivity index (χ2n) is 1.60. The van der Waals surface area contributed by atoms with Gasteiger partial charge in [-0.2, -0.15) is 0 Å². The van der Waals surface area contributed by atoms with Gasteiger partial charge in [-0.05, 0) is 13.0 Å². The highest BCUT2D eigenvalue weighted by atomic mass is 35.5. The lowest BCUT2D eigenvalue weighted by atomic mass is 10.3. The van der Waals surface area contributed by atoms with Crippen LogP contribution < -0.4 is 0 Å². The van der Waals surface area contributed by atoms with E-state index in [2.05, 4.69) is 0 Å². The van der Waals surface area contributed by atoms with Crippen LogP contribution in [0.4, 0.5) is 0 Å². The van der Waals surface area contributed by atoms with Crippen molar-refractivity contribution in [2.45, 2.75) is 6.92 Å². The average Bonchev–Trinajstić information content (AvgIpc) is 1.83. The SMILES string of the molecule is CC(=CC=C(Cl)Cl)CCl. The zero-order chi connectivity index (χ0) is 7.28. The van der Waals surface area contributed by atoms with Crippen LogP contribution in [0, 0.1) is 0 Å². The molecule has 0 nitrogen and oxygen atoms in total. The standard InChI is InChI=1S/C6H7Cl3/c1-5(4-7)2-3-6(8)9/h2-3H,4H2,1H3. The van der Waals surface area contributed by atoms with E-state index in [1.807, 2.05) is 6.92 Å². The molecule has 0 aromatic carbocycles. The second-order valence-corrected chi connectivity index (χ2v) is 2.88. The summed E-state index contributed by atoms with van der Waals surface area (Å²) < 4.78 is 0.250. The quantitative estimate of drug-likeness (QED) is 0.456. The van der Waals surface area contributed by atoms with Crippen LogP contribution in [0.2, 0.25) is 0 Å². The molecule has 0 saturated heterocycles. The Morgan fingerprint density at radius 3 is 2.22 bits per heavy atom. The third-order valence-corrected chi connectivity index (χ3v) is 1.38. The van der Waals surface area contributed by atoms with E-state index in [1.165, 1.54) is 0 Å². The maximum Gasteiger partial charge on any atom is 0.106 e. The fourth-order valence-electron chi connectivity index (χ4n) is 0.250. The van der Waals surface area contributed by atoms with Gasteiger partial charge in [-0.25, -0.2) is 0 Å². The molecule has 0 atom stereocenters. The molecule has 0 bridgehead atoms. The van der Waals surface area contributed by atoms with Crippen LogP contribution >= 0.6 is 34.8 Å². The summed E-state index contributed by atoms with van der Waals surface area (Å²) in [6.07, 6.45) is 3.38. The highest BCUT2D eigenvalue weighted by Gasteiger charge is 1.82. The van der Waals surface area contributed by atoms with Gasteiger partial charge < -0.3 is 0 Å². The zero-order valence-electron chi connectivity index (χ0n) is 5.00. The van der Waals surface area contributed by atoms with Gasteiger partial charge in [0.1, 0.15) is 4.49 Å². The maximum atomic E-state index is 5.45. The molecule has 0 spiro atoms. The average molecular weight is 185 g/mol. The Kier molecular flexibility index (Phi) is 5.36. The van der Waals surface area contributed by atoms with E-state index in [-0.39, 0.29) is 4.49 Å². The summed E-state index contributed by atoms with van der Waals surface area (Å²) in [5, 5.41) is 0. The van der Waals surface area contributed by atoms with Crippen molar-refractivity contribution < 1.29 is 0 Å². The van der Waals surface area contributed by atoms with Crippen LogP contribution in [-0.4, -0.2) is 5.88 Å². The molecule has 3 heteroatoms. The number of rotatable bonds is 2. The van der Waals surface area contributed by atoms with Crippen molar-refractivity contribution in [2.75, 3.05) is 5.88 Å². The van der Waals surface area contributed by atoms with Crippen molar-refractivity contribution in [3.8, 4) is 0 Å². The Labute approximate surface area is 70.1 Å². The predicted molar refractivity (Wildman–Crippen MR) is 44.3 cm³/mol. The molecule has 0 heterocycles. The van der Waals surface area contributed by atoms with Gasteiger partial charge in [0.05, 0.1) is 0 Å². The molecule has 0 aromatic heterocycles. The highest BCUT2D eigenvalue weighted by Crippen LogP contribution is 2.07. The molecular weight excluding hydrogens is 178 g/mol. The Hall–Kier alpha value is 0.350. The monoisotopic (exact) mass is 184 g/mol. The second kappa shape index (κ2) is 5.16. The summed E-state index contributed by atoms with van der Waals surface area (Å²) in [4.78, 5) is 0. The number of halogens is 3. The Bertz CT molecular complexity index is 131. The number of hydrogen-bond acceptors (Lipinski definition) is 0. The number of allylic oxidation sites excluding steroid dienone is 3. The molecule has 0 radical (unpaired) electrons. The topological polar surface area (TPSA) is 0 Å². The lowest BCUT2D eigenvalue weighted by Crippen LogP contribution is -1.72. The summed E-state index contributed by atoms with van der Waals surface area (Å²) in [6, 6.07) is 0. The molecular formula is C6H7Cl3. The minimum absolute atomic E-state index is 0.250. The van der Waals surface area contributed by atoms with Crippen molar-refractivity contribution >= 4 is 34.8 Å². The molecule has 0 aliphatic heterocycles. The first-order chi connectivity index (χ1) is 4.16. The smallest absolute Gasteiger partial charge is 0.106 e. The molecule has 0 unspecified atom stereocenters. The molecule has 0 saturated carbocycles. The van der Waals surface area contributed by atoms with Gasteiger partial charge in [0, 0.05) is 5.88 Å². The third-order valence-electron chi connectivity index (χ3n) is 0.705. The first-order valence-electron chi connectivity index (χ1n) is 2.41. The van der Waals surface area contributed by atoms with E-state index in [4.69, 9.17) is 34.8 Å².